The molecule has 1 N–H and O–H groups in total. The van der Waals surface area contributed by atoms with E-state index in [9.17, 15) is 0 Å². The predicted octanol–water partition coefficient (Wildman–Crippen LogP) is 3.67. The lowest BCUT2D eigenvalue weighted by Gasteiger charge is -2.18. The molecule has 0 spiro atoms. The number of nitrogens with zero attached hydrogens (tertiary/aromatic N) is 2. The van der Waals surface area contributed by atoms with E-state index in [4.69, 9.17) is 0 Å². The standard InChI is InChI=1S/C14H25N3/c1-12(2)11-17-10-9-15-14(17)16-13-7-5-3-4-6-8-13/h9-10,12-13H,3-8,11H2,1-2H3,(H,15,16). The van der Waals surface area contributed by atoms with Gasteiger partial charge in [0.25, 0.3) is 0 Å². The molecule has 1 aromatic rings. The van der Waals surface area contributed by atoms with Gasteiger partial charge in [-0.05, 0) is 18.8 Å². The largest absolute Gasteiger partial charge is 0.353 e. The summed E-state index contributed by atoms with van der Waals surface area (Å²) in [5, 5.41) is 3.63. The smallest absolute Gasteiger partial charge is 0.202 e. The van der Waals surface area contributed by atoms with Gasteiger partial charge in [0.1, 0.15) is 0 Å². The molecule has 3 heteroatoms. The maximum Gasteiger partial charge on any atom is 0.202 e. The minimum atomic E-state index is 0.630. The fraction of sp³-hybridized carbons (Fsp3) is 0.786. The van der Waals surface area contributed by atoms with Crippen LogP contribution in [-0.2, 0) is 6.54 Å². The summed E-state index contributed by atoms with van der Waals surface area (Å²) in [5.41, 5.74) is 0. The first-order valence-electron chi connectivity index (χ1n) is 7.03. The van der Waals surface area contributed by atoms with Crippen LogP contribution in [0, 0.1) is 5.92 Å². The second-order valence-electron chi connectivity index (χ2n) is 5.63. The van der Waals surface area contributed by atoms with Gasteiger partial charge in [-0.2, -0.15) is 0 Å². The Morgan fingerprint density at radius 3 is 2.65 bits per heavy atom. The van der Waals surface area contributed by atoms with Crippen molar-refractivity contribution in [3.63, 3.8) is 0 Å². The van der Waals surface area contributed by atoms with Crippen molar-refractivity contribution in [2.45, 2.75) is 65.0 Å². The van der Waals surface area contributed by atoms with Crippen LogP contribution >= 0.6 is 0 Å². The van der Waals surface area contributed by atoms with Crippen LogP contribution in [0.25, 0.3) is 0 Å². The van der Waals surface area contributed by atoms with Crippen LogP contribution in [0.15, 0.2) is 12.4 Å². The van der Waals surface area contributed by atoms with Gasteiger partial charge in [-0.3, -0.25) is 0 Å². The first-order valence-corrected chi connectivity index (χ1v) is 7.03. The third-order valence-electron chi connectivity index (χ3n) is 3.47. The monoisotopic (exact) mass is 235 g/mol. The summed E-state index contributed by atoms with van der Waals surface area (Å²) in [7, 11) is 0. The van der Waals surface area contributed by atoms with Crippen LogP contribution in [0.4, 0.5) is 5.95 Å². The Labute approximate surface area is 105 Å². The second-order valence-corrected chi connectivity index (χ2v) is 5.63. The van der Waals surface area contributed by atoms with Gasteiger partial charge >= 0.3 is 0 Å². The molecule has 0 saturated heterocycles. The fourth-order valence-electron chi connectivity index (χ4n) is 2.60. The lowest BCUT2D eigenvalue weighted by molar-refractivity contribution is 0.519. The summed E-state index contributed by atoms with van der Waals surface area (Å²) in [6.07, 6.45) is 12.1. The zero-order chi connectivity index (χ0) is 12.1. The number of hydrogen-bond acceptors (Lipinski definition) is 2. The minimum Gasteiger partial charge on any atom is -0.353 e. The van der Waals surface area contributed by atoms with Gasteiger partial charge in [-0.15, -0.1) is 0 Å². The predicted molar refractivity (Wildman–Crippen MR) is 72.2 cm³/mol. The Hall–Kier alpha value is -0.990. The van der Waals surface area contributed by atoms with E-state index in [1.165, 1.54) is 38.5 Å². The van der Waals surface area contributed by atoms with Crippen molar-refractivity contribution in [1.82, 2.24) is 9.55 Å². The highest BCUT2D eigenvalue weighted by molar-refractivity contribution is 5.27. The molecular weight excluding hydrogens is 210 g/mol. The van der Waals surface area contributed by atoms with Gasteiger partial charge in [0.2, 0.25) is 5.95 Å². The summed E-state index contributed by atoms with van der Waals surface area (Å²) < 4.78 is 2.25. The molecule has 96 valence electrons. The highest BCUT2D eigenvalue weighted by Gasteiger charge is 2.14. The molecule has 0 radical (unpaired) electrons. The van der Waals surface area contributed by atoms with E-state index in [0.29, 0.717) is 12.0 Å². The lowest BCUT2D eigenvalue weighted by atomic mass is 10.1. The third-order valence-corrected chi connectivity index (χ3v) is 3.47. The quantitative estimate of drug-likeness (QED) is 0.807. The molecule has 1 saturated carbocycles. The van der Waals surface area contributed by atoms with E-state index in [1.807, 2.05) is 6.20 Å². The molecule has 1 aromatic heterocycles. The van der Waals surface area contributed by atoms with Crippen molar-refractivity contribution in [3.05, 3.63) is 12.4 Å². The Kier molecular flexibility index (Phi) is 4.46. The second kappa shape index (κ2) is 6.08. The number of hydrogen-bond donors (Lipinski definition) is 1. The van der Waals surface area contributed by atoms with E-state index in [1.54, 1.807) is 0 Å². The molecule has 1 aliphatic carbocycles. The molecular formula is C14H25N3. The van der Waals surface area contributed by atoms with Gasteiger partial charge < -0.3 is 9.88 Å². The van der Waals surface area contributed by atoms with E-state index in [0.717, 1.165) is 12.5 Å². The molecule has 1 aliphatic rings. The van der Waals surface area contributed by atoms with Crippen molar-refractivity contribution < 1.29 is 0 Å². The average molecular weight is 235 g/mol. The van der Waals surface area contributed by atoms with Crippen LogP contribution < -0.4 is 5.32 Å². The Balaban J connectivity index is 1.94. The zero-order valence-corrected chi connectivity index (χ0v) is 11.2. The van der Waals surface area contributed by atoms with Crippen molar-refractivity contribution in [2.24, 2.45) is 5.92 Å². The van der Waals surface area contributed by atoms with Crippen molar-refractivity contribution in [1.29, 1.82) is 0 Å². The summed E-state index contributed by atoms with van der Waals surface area (Å²) in [6.45, 7) is 5.54. The molecule has 0 aromatic carbocycles. The maximum atomic E-state index is 4.45. The summed E-state index contributed by atoms with van der Waals surface area (Å²) in [6, 6.07) is 0.630. The van der Waals surface area contributed by atoms with Gasteiger partial charge in [-0.1, -0.05) is 39.5 Å². The maximum absolute atomic E-state index is 4.45. The van der Waals surface area contributed by atoms with Gasteiger partial charge in [0, 0.05) is 25.0 Å². The van der Waals surface area contributed by atoms with Crippen LogP contribution in [-0.4, -0.2) is 15.6 Å². The SMILES string of the molecule is CC(C)Cn1ccnc1NC1CCCCCC1. The molecule has 3 nitrogen and oxygen atoms in total. The number of imidazole rings is 1. The first kappa shape index (κ1) is 12.5. The molecule has 0 bridgehead atoms. The van der Waals surface area contributed by atoms with E-state index < -0.39 is 0 Å². The molecule has 0 atom stereocenters. The highest BCUT2D eigenvalue weighted by atomic mass is 15.2. The van der Waals surface area contributed by atoms with Crippen molar-refractivity contribution in [3.8, 4) is 0 Å². The minimum absolute atomic E-state index is 0.630. The lowest BCUT2D eigenvalue weighted by Crippen LogP contribution is -2.21. The Morgan fingerprint density at radius 1 is 1.29 bits per heavy atom. The normalized spacial score (nSPS) is 18.3. The topological polar surface area (TPSA) is 29.9 Å². The molecule has 17 heavy (non-hydrogen) atoms. The van der Waals surface area contributed by atoms with Gasteiger partial charge in [0.05, 0.1) is 0 Å². The Bertz CT molecular complexity index is 322. The van der Waals surface area contributed by atoms with E-state index in [-0.39, 0.29) is 0 Å². The highest BCUT2D eigenvalue weighted by Crippen LogP contribution is 2.20. The number of anilines is 1. The third kappa shape index (κ3) is 3.76. The van der Waals surface area contributed by atoms with Crippen LogP contribution in [0.2, 0.25) is 0 Å². The summed E-state index contributed by atoms with van der Waals surface area (Å²) >= 11 is 0. The Morgan fingerprint density at radius 2 is 2.00 bits per heavy atom. The summed E-state index contributed by atoms with van der Waals surface area (Å²) in [4.78, 5) is 4.45. The van der Waals surface area contributed by atoms with Crippen LogP contribution in [0.5, 0.6) is 0 Å². The zero-order valence-electron chi connectivity index (χ0n) is 11.2. The molecule has 0 aliphatic heterocycles. The van der Waals surface area contributed by atoms with E-state index in [2.05, 4.69) is 34.9 Å². The van der Waals surface area contributed by atoms with Crippen LogP contribution in [0.1, 0.15) is 52.4 Å². The molecule has 2 rings (SSSR count). The number of rotatable bonds is 4. The fourth-order valence-corrected chi connectivity index (χ4v) is 2.60. The molecule has 0 amide bonds. The van der Waals surface area contributed by atoms with Crippen LogP contribution in [0.3, 0.4) is 0 Å². The first-order chi connectivity index (χ1) is 8.25. The molecule has 0 unspecified atom stereocenters. The molecule has 1 heterocycles. The van der Waals surface area contributed by atoms with Gasteiger partial charge in [0.15, 0.2) is 0 Å². The van der Waals surface area contributed by atoms with Crippen molar-refractivity contribution >= 4 is 5.95 Å². The average Bonchev–Trinajstić information content (AvgIpc) is 2.55. The van der Waals surface area contributed by atoms with Gasteiger partial charge in [-0.25, -0.2) is 4.98 Å². The summed E-state index contributed by atoms with van der Waals surface area (Å²) in [5.74, 6) is 1.73. The van der Waals surface area contributed by atoms with E-state index >= 15 is 0 Å². The number of aromatic nitrogens is 2. The molecule has 1 fully saturated rings. The van der Waals surface area contributed by atoms with Crippen molar-refractivity contribution in [2.75, 3.05) is 5.32 Å². The number of nitrogens with one attached hydrogen (secondary N) is 1.